The molecule has 0 bridgehead atoms. The van der Waals surface area contributed by atoms with Gasteiger partial charge in [-0.1, -0.05) is 53.2 Å². The Bertz CT molecular complexity index is 1260. The zero-order valence-corrected chi connectivity index (χ0v) is 33.1. The van der Waals surface area contributed by atoms with E-state index in [-0.39, 0.29) is 45.5 Å². The maximum absolute atomic E-state index is 14.6. The Kier molecular flexibility index (Phi) is 11.8. The molecule has 1 unspecified atom stereocenters. The van der Waals surface area contributed by atoms with Crippen molar-refractivity contribution in [2.45, 2.75) is 181 Å². The molecule has 0 saturated carbocycles. The highest BCUT2D eigenvalue weighted by Crippen LogP contribution is 2.44. The number of ether oxygens (including phenoxy) is 2. The number of carbonyl (C=O) groups is 2. The monoisotopic (exact) mass is 669 g/mol. The fraction of sp³-hybridized carbons (Fsp3) is 0.756. The summed E-state index contributed by atoms with van der Waals surface area (Å²) in [6, 6.07) is 3.91. The zero-order valence-electron chi connectivity index (χ0n) is 33.1. The summed E-state index contributed by atoms with van der Waals surface area (Å²) < 4.78 is 12.8. The minimum Gasteiger partial charge on any atom is -0.507 e. The van der Waals surface area contributed by atoms with Crippen LogP contribution in [0.5, 0.6) is 5.75 Å². The largest absolute Gasteiger partial charge is 0.507 e. The van der Waals surface area contributed by atoms with E-state index in [1.165, 1.54) is 0 Å². The van der Waals surface area contributed by atoms with Crippen LogP contribution in [0.3, 0.4) is 0 Å². The third kappa shape index (κ3) is 8.67. The number of unbranched alkanes of at least 4 members (excludes halogenated alkanes) is 1. The van der Waals surface area contributed by atoms with Crippen LogP contribution < -0.4 is 0 Å². The number of phenols is 1. The van der Waals surface area contributed by atoms with Crippen molar-refractivity contribution in [1.82, 2.24) is 9.80 Å². The summed E-state index contributed by atoms with van der Waals surface area (Å²) in [5.41, 5.74) is 1.81. The number of benzene rings is 1. The van der Waals surface area contributed by atoms with E-state index < -0.39 is 23.8 Å². The average Bonchev–Trinajstić information content (AvgIpc) is 2.91. The summed E-state index contributed by atoms with van der Waals surface area (Å²) in [7, 11) is 4.25. The molecule has 7 nitrogen and oxygen atoms in total. The van der Waals surface area contributed by atoms with Crippen LogP contribution in [0.4, 0.5) is 0 Å². The number of allylic oxidation sites excluding steroid dienone is 1. The van der Waals surface area contributed by atoms with E-state index in [0.29, 0.717) is 37.7 Å². The van der Waals surface area contributed by atoms with Gasteiger partial charge in [0.05, 0.1) is 0 Å². The van der Waals surface area contributed by atoms with Crippen LogP contribution in [0.25, 0.3) is 5.57 Å². The highest BCUT2D eigenvalue weighted by molar-refractivity contribution is 5.96. The number of esters is 2. The third-order valence-corrected chi connectivity index (χ3v) is 11.7. The molecular weight excluding hydrogens is 600 g/mol. The first-order valence-electron chi connectivity index (χ1n) is 18.2. The molecular formula is C41H68N2O5. The van der Waals surface area contributed by atoms with Crippen LogP contribution in [0.1, 0.15) is 158 Å². The number of phenolic OH excluding ortho intramolecular Hbond substituents is 1. The van der Waals surface area contributed by atoms with Crippen molar-refractivity contribution < 1.29 is 24.2 Å². The van der Waals surface area contributed by atoms with Gasteiger partial charge in [-0.2, -0.15) is 0 Å². The van der Waals surface area contributed by atoms with Crippen molar-refractivity contribution in [1.29, 1.82) is 0 Å². The Morgan fingerprint density at radius 2 is 1.25 bits per heavy atom. The highest BCUT2D eigenvalue weighted by Gasteiger charge is 2.49. The molecule has 0 aliphatic carbocycles. The van der Waals surface area contributed by atoms with Gasteiger partial charge in [0.25, 0.3) is 0 Å². The quantitative estimate of drug-likeness (QED) is 0.197. The summed E-state index contributed by atoms with van der Waals surface area (Å²) in [4.78, 5) is 34.0. The van der Waals surface area contributed by atoms with Crippen LogP contribution in [0, 0.1) is 5.92 Å². The van der Waals surface area contributed by atoms with Crippen LogP contribution in [-0.2, 0) is 24.5 Å². The molecule has 48 heavy (non-hydrogen) atoms. The van der Waals surface area contributed by atoms with Crippen molar-refractivity contribution >= 4 is 17.5 Å². The van der Waals surface area contributed by atoms with Gasteiger partial charge in [0.2, 0.25) is 0 Å². The number of likely N-dealkylation sites (tertiary alicyclic amines) is 2. The number of rotatable bonds is 10. The molecule has 0 spiro atoms. The lowest BCUT2D eigenvalue weighted by Gasteiger charge is -2.53. The van der Waals surface area contributed by atoms with Gasteiger partial charge >= 0.3 is 11.9 Å². The van der Waals surface area contributed by atoms with Crippen LogP contribution in [-0.4, -0.2) is 75.3 Å². The molecule has 1 aromatic carbocycles. The maximum atomic E-state index is 14.6. The molecule has 1 aromatic rings. The molecule has 2 heterocycles. The number of piperidine rings is 2. The Balaban J connectivity index is 2.16. The van der Waals surface area contributed by atoms with Crippen LogP contribution in [0.15, 0.2) is 18.7 Å². The van der Waals surface area contributed by atoms with Gasteiger partial charge in [-0.25, -0.2) is 0 Å². The third-order valence-electron chi connectivity index (χ3n) is 11.7. The van der Waals surface area contributed by atoms with Gasteiger partial charge in [0.15, 0.2) is 5.92 Å². The van der Waals surface area contributed by atoms with Crippen molar-refractivity contribution in [3.63, 3.8) is 0 Å². The second-order valence-corrected chi connectivity index (χ2v) is 18.5. The summed E-state index contributed by atoms with van der Waals surface area (Å²) in [5.74, 6) is -2.49. The first kappa shape index (κ1) is 40.1. The Morgan fingerprint density at radius 3 is 1.58 bits per heavy atom. The van der Waals surface area contributed by atoms with Crippen molar-refractivity contribution in [3.8, 4) is 5.75 Å². The molecule has 272 valence electrons. The van der Waals surface area contributed by atoms with Gasteiger partial charge in [-0.3, -0.25) is 19.4 Å². The topological polar surface area (TPSA) is 79.3 Å². The van der Waals surface area contributed by atoms with Crippen molar-refractivity contribution in [2.24, 2.45) is 5.92 Å². The second-order valence-electron chi connectivity index (χ2n) is 18.5. The predicted octanol–water partition coefficient (Wildman–Crippen LogP) is 9.00. The lowest BCUT2D eigenvalue weighted by atomic mass is 9.76. The van der Waals surface area contributed by atoms with E-state index in [2.05, 4.69) is 114 Å². The predicted molar refractivity (Wildman–Crippen MR) is 197 cm³/mol. The molecule has 0 aromatic heterocycles. The lowest BCUT2D eigenvalue weighted by Crippen LogP contribution is -2.61. The molecule has 2 aliphatic heterocycles. The van der Waals surface area contributed by atoms with Crippen molar-refractivity contribution in [2.75, 3.05) is 14.1 Å². The van der Waals surface area contributed by atoms with Gasteiger partial charge < -0.3 is 14.6 Å². The van der Waals surface area contributed by atoms with E-state index in [4.69, 9.17) is 9.47 Å². The molecule has 7 heteroatoms. The SMILES string of the molecule is C=C(C)c1cc(C(CCCC)C(C(=O)OC2CC(C)(C)N(C)C(C)(C)C2)C(=O)OC2CC(C)(C)N(C)C(C)(C)C2)cc(C(C)(C)C)c1O. The van der Waals surface area contributed by atoms with Crippen molar-refractivity contribution in [3.05, 3.63) is 35.4 Å². The first-order chi connectivity index (χ1) is 21.7. The summed E-state index contributed by atoms with van der Waals surface area (Å²) >= 11 is 0. The lowest BCUT2D eigenvalue weighted by molar-refractivity contribution is -0.178. The molecule has 0 amide bonds. The van der Waals surface area contributed by atoms with E-state index in [1.807, 2.05) is 19.1 Å². The molecule has 3 rings (SSSR count). The van der Waals surface area contributed by atoms with Crippen LogP contribution >= 0.6 is 0 Å². The average molecular weight is 669 g/mol. The fourth-order valence-electron chi connectivity index (χ4n) is 8.34. The fourth-order valence-corrected chi connectivity index (χ4v) is 8.34. The second kappa shape index (κ2) is 14.1. The van der Waals surface area contributed by atoms with Gasteiger partial charge in [-0.05, 0) is 105 Å². The zero-order chi connectivity index (χ0) is 36.8. The van der Waals surface area contributed by atoms with Gasteiger partial charge in [0, 0.05) is 64.9 Å². The minimum absolute atomic E-state index is 0.190. The Hall–Kier alpha value is -2.38. The minimum atomic E-state index is -1.15. The molecule has 2 fully saturated rings. The molecule has 2 aliphatic rings. The highest BCUT2D eigenvalue weighted by atomic mass is 16.6. The number of aromatic hydroxyl groups is 1. The van der Waals surface area contributed by atoms with E-state index in [9.17, 15) is 14.7 Å². The van der Waals surface area contributed by atoms with E-state index in [1.54, 1.807) is 0 Å². The molecule has 2 saturated heterocycles. The maximum Gasteiger partial charge on any atom is 0.321 e. The standard InChI is InChI=1S/C41H68N2O5/c1-17-18-19-30(27-20-31(26(2)3)34(44)32(21-27)37(4,5)6)33(35(45)47-28-22-38(7,8)42(15)39(9,10)23-28)36(46)48-29-24-40(11,12)43(16)41(13,14)25-29/h20-21,28-30,33,44H,2,17-19,22-25H2,1,3-16H3. The number of hydrogen-bond acceptors (Lipinski definition) is 7. The van der Waals surface area contributed by atoms with E-state index in [0.717, 1.165) is 29.5 Å². The summed E-state index contributed by atoms with van der Waals surface area (Å²) in [6.07, 6.45) is 4.34. The normalized spacial score (nSPS) is 22.3. The summed E-state index contributed by atoms with van der Waals surface area (Å²) in [6.45, 7) is 31.7. The first-order valence-corrected chi connectivity index (χ1v) is 18.2. The summed E-state index contributed by atoms with van der Waals surface area (Å²) in [5, 5.41) is 11.4. The molecule has 1 atom stereocenters. The number of nitrogens with zero attached hydrogens (tertiary/aromatic N) is 2. The number of hydrogen-bond donors (Lipinski definition) is 1. The molecule has 0 radical (unpaired) electrons. The smallest absolute Gasteiger partial charge is 0.321 e. The van der Waals surface area contributed by atoms with Crippen LogP contribution in [0.2, 0.25) is 0 Å². The van der Waals surface area contributed by atoms with Gasteiger partial charge in [0.1, 0.15) is 18.0 Å². The Morgan fingerprint density at radius 1 is 0.854 bits per heavy atom. The Labute approximate surface area is 292 Å². The number of carbonyl (C=O) groups excluding carboxylic acids is 2. The molecule has 1 N–H and O–H groups in total. The van der Waals surface area contributed by atoms with E-state index >= 15 is 0 Å². The van der Waals surface area contributed by atoms with Gasteiger partial charge in [-0.15, -0.1) is 0 Å².